The molecule has 7 heteroatoms. The number of aromatic nitrogens is 2. The van der Waals surface area contributed by atoms with Gasteiger partial charge in [0.2, 0.25) is 0 Å². The first-order valence-corrected chi connectivity index (χ1v) is 6.85. The Kier molecular flexibility index (Phi) is 4.55. The second-order valence-corrected chi connectivity index (χ2v) is 4.99. The number of nitrogens with one attached hydrogen (secondary N) is 1. The van der Waals surface area contributed by atoms with Gasteiger partial charge in [-0.05, 0) is 19.9 Å². The van der Waals surface area contributed by atoms with E-state index in [2.05, 4.69) is 10.4 Å². The quantitative estimate of drug-likeness (QED) is 0.847. The van der Waals surface area contributed by atoms with Crippen LogP contribution in [0, 0.1) is 0 Å². The fourth-order valence-electron chi connectivity index (χ4n) is 1.98. The summed E-state index contributed by atoms with van der Waals surface area (Å²) < 4.78 is 6.17. The molecular formula is C15H17N3O4. The molecule has 1 N–H and O–H groups in total. The van der Waals surface area contributed by atoms with Crippen molar-refractivity contribution in [2.75, 3.05) is 13.7 Å². The molecule has 2 rings (SSSR count). The van der Waals surface area contributed by atoms with Gasteiger partial charge in [-0.2, -0.15) is 5.10 Å². The molecule has 2 aromatic rings. The van der Waals surface area contributed by atoms with E-state index in [0.29, 0.717) is 10.8 Å². The van der Waals surface area contributed by atoms with Crippen LogP contribution in [0.15, 0.2) is 29.1 Å². The van der Waals surface area contributed by atoms with Crippen molar-refractivity contribution >= 4 is 22.6 Å². The third-order valence-corrected chi connectivity index (χ3v) is 3.12. The summed E-state index contributed by atoms with van der Waals surface area (Å²) >= 11 is 0. The van der Waals surface area contributed by atoms with Gasteiger partial charge >= 0.3 is 5.97 Å². The van der Waals surface area contributed by atoms with E-state index in [1.165, 1.54) is 11.7 Å². The van der Waals surface area contributed by atoms with Crippen LogP contribution in [0.2, 0.25) is 0 Å². The van der Waals surface area contributed by atoms with Crippen molar-refractivity contribution in [3.63, 3.8) is 0 Å². The maximum Gasteiger partial charge on any atom is 0.359 e. The number of ether oxygens (including phenoxy) is 1. The zero-order valence-electron chi connectivity index (χ0n) is 12.6. The minimum Gasteiger partial charge on any atom is -0.451 e. The molecule has 0 saturated heterocycles. The van der Waals surface area contributed by atoms with Crippen molar-refractivity contribution < 1.29 is 14.3 Å². The van der Waals surface area contributed by atoms with Crippen LogP contribution in [0.3, 0.4) is 0 Å². The Morgan fingerprint density at radius 1 is 1.27 bits per heavy atom. The maximum absolute atomic E-state index is 12.3. The number of carbonyl (C=O) groups excluding carboxylic acids is 2. The summed E-state index contributed by atoms with van der Waals surface area (Å²) in [7, 11) is 1.45. The highest BCUT2D eigenvalue weighted by Crippen LogP contribution is 2.15. The highest BCUT2D eigenvalue weighted by atomic mass is 16.5. The summed E-state index contributed by atoms with van der Waals surface area (Å²) in [6.45, 7) is 3.19. The largest absolute Gasteiger partial charge is 0.451 e. The number of rotatable bonds is 4. The average Bonchev–Trinajstić information content (AvgIpc) is 2.52. The lowest BCUT2D eigenvalue weighted by molar-refractivity contribution is -0.123. The summed E-state index contributed by atoms with van der Waals surface area (Å²) in [5, 5.41) is 7.25. The first-order chi connectivity index (χ1) is 10.5. The van der Waals surface area contributed by atoms with Crippen LogP contribution in [0.1, 0.15) is 30.4 Å². The fraction of sp³-hybridized carbons (Fsp3) is 0.333. The molecule has 0 unspecified atom stereocenters. The van der Waals surface area contributed by atoms with Crippen molar-refractivity contribution in [2.24, 2.45) is 0 Å². The predicted octanol–water partition coefficient (Wildman–Crippen LogP) is 0.880. The van der Waals surface area contributed by atoms with Crippen molar-refractivity contribution in [1.82, 2.24) is 15.1 Å². The van der Waals surface area contributed by atoms with Gasteiger partial charge in [0.15, 0.2) is 12.3 Å². The fourth-order valence-corrected chi connectivity index (χ4v) is 1.98. The van der Waals surface area contributed by atoms with E-state index in [1.807, 2.05) is 0 Å². The second kappa shape index (κ2) is 6.38. The molecule has 0 saturated carbocycles. The normalized spacial score (nSPS) is 10.7. The van der Waals surface area contributed by atoms with Gasteiger partial charge in [-0.1, -0.05) is 18.2 Å². The molecule has 0 aliphatic heterocycles. The molecule has 1 aromatic carbocycles. The number of likely N-dealkylation sites (N-methyl/N-ethyl adjacent to an activating group) is 1. The number of fused-ring (bicyclic) bond motifs is 1. The van der Waals surface area contributed by atoms with E-state index in [0.717, 1.165) is 0 Å². The SMILES string of the molecule is CNC(=O)COC(=O)c1nn(C(C)C)c(=O)c2ccccc12. The Hall–Kier alpha value is -2.70. The van der Waals surface area contributed by atoms with E-state index in [1.54, 1.807) is 38.1 Å². The Labute approximate surface area is 126 Å². The molecule has 0 atom stereocenters. The van der Waals surface area contributed by atoms with Gasteiger partial charge in [-0.25, -0.2) is 9.48 Å². The lowest BCUT2D eigenvalue weighted by Gasteiger charge is -2.12. The smallest absolute Gasteiger partial charge is 0.359 e. The zero-order valence-corrected chi connectivity index (χ0v) is 12.6. The lowest BCUT2D eigenvalue weighted by Crippen LogP contribution is -2.29. The monoisotopic (exact) mass is 303 g/mol. The molecular weight excluding hydrogens is 286 g/mol. The molecule has 0 bridgehead atoms. The molecule has 0 radical (unpaired) electrons. The Balaban J connectivity index is 2.53. The number of amides is 1. The number of carbonyl (C=O) groups is 2. The minimum atomic E-state index is -0.741. The van der Waals surface area contributed by atoms with Crippen LogP contribution in [-0.4, -0.2) is 35.3 Å². The number of benzene rings is 1. The predicted molar refractivity (Wildman–Crippen MR) is 80.7 cm³/mol. The zero-order chi connectivity index (χ0) is 16.3. The topological polar surface area (TPSA) is 90.3 Å². The Morgan fingerprint density at radius 3 is 2.50 bits per heavy atom. The summed E-state index contributed by atoms with van der Waals surface area (Å²) in [5.74, 6) is -1.16. The van der Waals surface area contributed by atoms with Gasteiger partial charge in [0.25, 0.3) is 11.5 Å². The van der Waals surface area contributed by atoms with Gasteiger partial charge in [0.05, 0.1) is 11.4 Å². The van der Waals surface area contributed by atoms with Crippen LogP contribution in [-0.2, 0) is 9.53 Å². The molecule has 1 aromatic heterocycles. The number of hydrogen-bond acceptors (Lipinski definition) is 5. The molecule has 0 spiro atoms. The van der Waals surface area contributed by atoms with E-state index in [9.17, 15) is 14.4 Å². The van der Waals surface area contributed by atoms with E-state index in [4.69, 9.17) is 4.74 Å². The number of hydrogen-bond donors (Lipinski definition) is 1. The molecule has 1 heterocycles. The van der Waals surface area contributed by atoms with E-state index in [-0.39, 0.29) is 17.3 Å². The van der Waals surface area contributed by atoms with E-state index < -0.39 is 18.5 Å². The highest BCUT2D eigenvalue weighted by molar-refractivity contribution is 6.02. The molecule has 0 aliphatic carbocycles. The van der Waals surface area contributed by atoms with Crippen molar-refractivity contribution in [2.45, 2.75) is 19.9 Å². The summed E-state index contributed by atoms with van der Waals surface area (Å²) in [5.41, 5.74) is -0.249. The molecule has 1 amide bonds. The van der Waals surface area contributed by atoms with Gasteiger partial charge in [0, 0.05) is 12.4 Å². The molecule has 0 aliphatic rings. The molecule has 22 heavy (non-hydrogen) atoms. The minimum absolute atomic E-state index is 0.0211. The first kappa shape index (κ1) is 15.7. The maximum atomic E-state index is 12.3. The van der Waals surface area contributed by atoms with Gasteiger partial charge in [0.1, 0.15) is 0 Å². The van der Waals surface area contributed by atoms with E-state index >= 15 is 0 Å². The second-order valence-electron chi connectivity index (χ2n) is 4.99. The third-order valence-electron chi connectivity index (χ3n) is 3.12. The van der Waals surface area contributed by atoms with Gasteiger partial charge in [-0.15, -0.1) is 0 Å². The molecule has 116 valence electrons. The first-order valence-electron chi connectivity index (χ1n) is 6.85. The van der Waals surface area contributed by atoms with Crippen LogP contribution in [0.25, 0.3) is 10.8 Å². The average molecular weight is 303 g/mol. The molecule has 0 fully saturated rings. The van der Waals surface area contributed by atoms with Crippen LogP contribution >= 0.6 is 0 Å². The van der Waals surface area contributed by atoms with Gasteiger partial charge in [-0.3, -0.25) is 9.59 Å². The van der Waals surface area contributed by atoms with Crippen molar-refractivity contribution in [3.05, 3.63) is 40.3 Å². The summed E-state index contributed by atoms with van der Waals surface area (Å²) in [6, 6.07) is 6.48. The lowest BCUT2D eigenvalue weighted by atomic mass is 10.1. The summed E-state index contributed by atoms with van der Waals surface area (Å²) in [4.78, 5) is 35.7. The Morgan fingerprint density at radius 2 is 1.91 bits per heavy atom. The third kappa shape index (κ3) is 2.98. The number of nitrogens with zero attached hydrogens (tertiary/aromatic N) is 2. The van der Waals surface area contributed by atoms with Gasteiger partial charge < -0.3 is 10.1 Å². The van der Waals surface area contributed by atoms with Crippen molar-refractivity contribution in [3.8, 4) is 0 Å². The highest BCUT2D eigenvalue weighted by Gasteiger charge is 2.19. The number of esters is 1. The Bertz CT molecular complexity index is 780. The molecule has 7 nitrogen and oxygen atoms in total. The van der Waals surface area contributed by atoms with Crippen molar-refractivity contribution in [1.29, 1.82) is 0 Å². The van der Waals surface area contributed by atoms with Crippen LogP contribution in [0.4, 0.5) is 0 Å². The van der Waals surface area contributed by atoms with Crippen LogP contribution in [0.5, 0.6) is 0 Å². The standard InChI is InChI=1S/C15H17N3O4/c1-9(2)18-14(20)11-7-5-4-6-10(11)13(17-18)15(21)22-8-12(19)16-3/h4-7,9H,8H2,1-3H3,(H,16,19). The van der Waals surface area contributed by atoms with Crippen LogP contribution < -0.4 is 10.9 Å². The summed E-state index contributed by atoms with van der Waals surface area (Å²) in [6.07, 6.45) is 0.